The highest BCUT2D eigenvalue weighted by atomic mass is 14.7. The van der Waals surface area contributed by atoms with E-state index in [1.54, 1.807) is 0 Å². The lowest BCUT2D eigenvalue weighted by Crippen LogP contribution is -1.81. The van der Waals surface area contributed by atoms with Crippen LogP contribution in [-0.2, 0) is 0 Å². The van der Waals surface area contributed by atoms with Gasteiger partial charge in [-0.1, -0.05) is 31.4 Å². The van der Waals surface area contributed by atoms with E-state index in [2.05, 4.69) is 30.8 Å². The Bertz CT molecular complexity index is 116. The second-order valence-corrected chi connectivity index (χ2v) is 3.07. The van der Waals surface area contributed by atoms with Crippen molar-refractivity contribution in [3.05, 3.63) is 12.2 Å². The highest BCUT2D eigenvalue weighted by molar-refractivity contribution is 5.22. The molecule has 0 heterocycles. The zero-order chi connectivity index (χ0) is 9.07. The molecule has 1 heteroatoms. The monoisotopic (exact) mass is 167 g/mol. The molecule has 0 aliphatic carbocycles. The first-order chi connectivity index (χ1) is 5.91. The van der Waals surface area contributed by atoms with Gasteiger partial charge in [0.05, 0.1) is 0 Å². The fourth-order valence-electron chi connectivity index (χ4n) is 1.18. The van der Waals surface area contributed by atoms with Gasteiger partial charge in [-0.05, 0) is 32.9 Å². The van der Waals surface area contributed by atoms with Crippen molar-refractivity contribution >= 4 is 6.72 Å². The zero-order valence-electron chi connectivity index (χ0n) is 8.26. The van der Waals surface area contributed by atoms with Crippen LogP contribution in [0.4, 0.5) is 0 Å². The van der Waals surface area contributed by atoms with Gasteiger partial charge in [-0.3, -0.25) is 0 Å². The standard InChI is InChI=1S/C11H21N/c1-3-4-5-6-7-8-9-10-11-12-2/h3-4H,2,5-11H2,1H3/b4-3+. The predicted octanol–water partition coefficient (Wildman–Crippen LogP) is 3.60. The lowest BCUT2D eigenvalue weighted by molar-refractivity contribution is 0.623. The molecule has 0 aromatic heterocycles. The van der Waals surface area contributed by atoms with Gasteiger partial charge < -0.3 is 4.99 Å². The fraction of sp³-hybridized carbons (Fsp3) is 0.727. The lowest BCUT2D eigenvalue weighted by atomic mass is 10.1. The van der Waals surface area contributed by atoms with Crippen LogP contribution < -0.4 is 0 Å². The van der Waals surface area contributed by atoms with E-state index in [-0.39, 0.29) is 0 Å². The van der Waals surface area contributed by atoms with E-state index in [0.29, 0.717) is 0 Å². The molecule has 0 N–H and O–H groups in total. The smallest absolute Gasteiger partial charge is 0.0382 e. The topological polar surface area (TPSA) is 12.4 Å². The zero-order valence-corrected chi connectivity index (χ0v) is 8.26. The summed E-state index contributed by atoms with van der Waals surface area (Å²) >= 11 is 0. The second-order valence-electron chi connectivity index (χ2n) is 3.07. The minimum Gasteiger partial charge on any atom is -0.301 e. The molecule has 0 radical (unpaired) electrons. The molecular formula is C11H21N. The molecule has 0 atom stereocenters. The van der Waals surface area contributed by atoms with E-state index >= 15 is 0 Å². The van der Waals surface area contributed by atoms with Crippen LogP contribution in [0.1, 0.15) is 45.4 Å². The van der Waals surface area contributed by atoms with Gasteiger partial charge >= 0.3 is 0 Å². The number of nitrogens with zero attached hydrogens (tertiary/aromatic N) is 1. The van der Waals surface area contributed by atoms with Crippen molar-refractivity contribution < 1.29 is 0 Å². The molecule has 0 amide bonds. The lowest BCUT2D eigenvalue weighted by Gasteiger charge is -1.97. The summed E-state index contributed by atoms with van der Waals surface area (Å²) in [5, 5.41) is 0. The Morgan fingerprint density at radius 1 is 1.08 bits per heavy atom. The summed E-state index contributed by atoms with van der Waals surface area (Å²) in [6, 6.07) is 0. The SMILES string of the molecule is C=NCCCCCCC/C=C/C. The number of hydrogen-bond donors (Lipinski definition) is 0. The first kappa shape index (κ1) is 11.4. The van der Waals surface area contributed by atoms with Gasteiger partial charge in [0.25, 0.3) is 0 Å². The molecule has 0 unspecified atom stereocenters. The Hall–Kier alpha value is -0.590. The van der Waals surface area contributed by atoms with Crippen molar-refractivity contribution in [1.29, 1.82) is 0 Å². The largest absolute Gasteiger partial charge is 0.301 e. The van der Waals surface area contributed by atoms with E-state index in [9.17, 15) is 0 Å². The molecule has 0 aliphatic heterocycles. The summed E-state index contributed by atoms with van der Waals surface area (Å²) in [6.07, 6.45) is 12.2. The van der Waals surface area contributed by atoms with Crippen LogP contribution >= 0.6 is 0 Å². The molecule has 0 aromatic rings. The van der Waals surface area contributed by atoms with Gasteiger partial charge in [-0.15, -0.1) is 0 Å². The average molecular weight is 167 g/mol. The van der Waals surface area contributed by atoms with Crippen LogP contribution in [0, 0.1) is 0 Å². The quantitative estimate of drug-likeness (QED) is 0.297. The Morgan fingerprint density at radius 2 is 1.75 bits per heavy atom. The van der Waals surface area contributed by atoms with Gasteiger partial charge in [-0.2, -0.15) is 0 Å². The van der Waals surface area contributed by atoms with Crippen LogP contribution in [-0.4, -0.2) is 13.3 Å². The van der Waals surface area contributed by atoms with Crippen molar-refractivity contribution in [1.82, 2.24) is 0 Å². The Morgan fingerprint density at radius 3 is 2.42 bits per heavy atom. The molecule has 0 aliphatic rings. The molecule has 0 rings (SSSR count). The molecule has 0 saturated heterocycles. The molecule has 70 valence electrons. The number of unbranched alkanes of at least 4 members (excludes halogenated alkanes) is 5. The van der Waals surface area contributed by atoms with E-state index < -0.39 is 0 Å². The Balaban J connectivity index is 2.86. The van der Waals surface area contributed by atoms with Crippen LogP contribution in [0.5, 0.6) is 0 Å². The maximum Gasteiger partial charge on any atom is 0.0382 e. The number of rotatable bonds is 8. The third kappa shape index (κ3) is 9.41. The number of aliphatic imine (C=N–C) groups is 1. The first-order valence-corrected chi connectivity index (χ1v) is 4.95. The van der Waals surface area contributed by atoms with Crippen LogP contribution in [0.25, 0.3) is 0 Å². The second kappa shape index (κ2) is 10.4. The van der Waals surface area contributed by atoms with E-state index in [4.69, 9.17) is 0 Å². The highest BCUT2D eigenvalue weighted by Crippen LogP contribution is 2.05. The maximum atomic E-state index is 3.82. The molecule has 0 spiro atoms. The molecule has 1 nitrogen and oxygen atoms in total. The third-order valence-electron chi connectivity index (χ3n) is 1.92. The fourth-order valence-corrected chi connectivity index (χ4v) is 1.18. The minimum absolute atomic E-state index is 0.939. The van der Waals surface area contributed by atoms with E-state index in [1.807, 2.05) is 0 Å². The highest BCUT2D eigenvalue weighted by Gasteiger charge is 1.87. The minimum atomic E-state index is 0.939. The van der Waals surface area contributed by atoms with Gasteiger partial charge in [0, 0.05) is 6.54 Å². The van der Waals surface area contributed by atoms with Crippen LogP contribution in [0.3, 0.4) is 0 Å². The summed E-state index contributed by atoms with van der Waals surface area (Å²) in [7, 11) is 0. The molecular weight excluding hydrogens is 146 g/mol. The molecule has 0 aromatic carbocycles. The molecule has 12 heavy (non-hydrogen) atoms. The summed E-state index contributed by atoms with van der Waals surface area (Å²) in [4.78, 5) is 3.82. The Labute approximate surface area is 76.6 Å². The molecule has 0 bridgehead atoms. The molecule has 0 fully saturated rings. The number of hydrogen-bond acceptors (Lipinski definition) is 1. The number of allylic oxidation sites excluding steroid dienone is 2. The van der Waals surface area contributed by atoms with Crippen LogP contribution in [0.2, 0.25) is 0 Å². The Kier molecular flexibility index (Phi) is 9.90. The van der Waals surface area contributed by atoms with Gasteiger partial charge in [0.2, 0.25) is 0 Å². The van der Waals surface area contributed by atoms with Crippen molar-refractivity contribution in [2.75, 3.05) is 6.54 Å². The van der Waals surface area contributed by atoms with Crippen molar-refractivity contribution in [3.8, 4) is 0 Å². The summed E-state index contributed by atoms with van der Waals surface area (Å²) < 4.78 is 0. The van der Waals surface area contributed by atoms with E-state index in [0.717, 1.165) is 6.54 Å². The van der Waals surface area contributed by atoms with Crippen LogP contribution in [0.15, 0.2) is 17.1 Å². The first-order valence-electron chi connectivity index (χ1n) is 4.95. The summed E-state index contributed by atoms with van der Waals surface area (Å²) in [6.45, 7) is 6.48. The van der Waals surface area contributed by atoms with Gasteiger partial charge in [-0.25, -0.2) is 0 Å². The third-order valence-corrected chi connectivity index (χ3v) is 1.92. The normalized spacial score (nSPS) is 10.8. The van der Waals surface area contributed by atoms with Crippen molar-refractivity contribution in [2.45, 2.75) is 45.4 Å². The van der Waals surface area contributed by atoms with Crippen molar-refractivity contribution in [2.24, 2.45) is 4.99 Å². The van der Waals surface area contributed by atoms with Crippen molar-refractivity contribution in [3.63, 3.8) is 0 Å². The summed E-state index contributed by atoms with van der Waals surface area (Å²) in [5.74, 6) is 0. The molecule has 0 saturated carbocycles. The maximum absolute atomic E-state index is 3.82. The van der Waals surface area contributed by atoms with Gasteiger partial charge in [0.15, 0.2) is 0 Å². The average Bonchev–Trinajstić information content (AvgIpc) is 2.10. The predicted molar refractivity (Wildman–Crippen MR) is 56.9 cm³/mol. The summed E-state index contributed by atoms with van der Waals surface area (Å²) in [5.41, 5.74) is 0. The van der Waals surface area contributed by atoms with E-state index in [1.165, 1.54) is 38.5 Å². The van der Waals surface area contributed by atoms with Gasteiger partial charge in [0.1, 0.15) is 0 Å².